The van der Waals surface area contributed by atoms with Crippen LogP contribution < -0.4 is 10.6 Å². The van der Waals surface area contributed by atoms with Crippen LogP contribution in [0, 0.1) is 13.8 Å². The molecule has 2 N–H and O–H groups in total. The molecule has 26 heavy (non-hydrogen) atoms. The van der Waals surface area contributed by atoms with Crippen LogP contribution in [-0.4, -0.2) is 39.2 Å². The van der Waals surface area contributed by atoms with Crippen molar-refractivity contribution in [3.05, 3.63) is 41.5 Å². The first kappa shape index (κ1) is 22.3. The molecule has 1 saturated heterocycles. The van der Waals surface area contributed by atoms with Crippen LogP contribution in [0.2, 0.25) is 0 Å². The molecule has 2 heterocycles. The molecule has 1 aliphatic heterocycles. The molecular weight excluding hydrogens is 387 g/mol. The average molecular weight is 408 g/mol. The van der Waals surface area contributed by atoms with Crippen LogP contribution in [0.15, 0.2) is 24.3 Å². The minimum atomic E-state index is -2.83. The molecule has 0 spiro atoms. The third kappa shape index (κ3) is 5.36. The Bertz CT molecular complexity index is 769. The van der Waals surface area contributed by atoms with E-state index in [1.807, 2.05) is 19.9 Å². The highest BCUT2D eigenvalue weighted by atomic mass is 35.5. The first-order valence-corrected chi connectivity index (χ1v) is 7.71. The molecule has 6 nitrogen and oxygen atoms in total. The number of anilines is 1. The van der Waals surface area contributed by atoms with Crippen molar-refractivity contribution in [2.45, 2.75) is 38.8 Å². The predicted molar refractivity (Wildman–Crippen MR) is 99.5 cm³/mol. The first-order valence-electron chi connectivity index (χ1n) is 7.71. The monoisotopic (exact) mass is 407 g/mol. The number of rotatable bonds is 4. The van der Waals surface area contributed by atoms with Crippen molar-refractivity contribution in [3.8, 4) is 0 Å². The summed E-state index contributed by atoms with van der Waals surface area (Å²) in [5.74, 6) is -1.77. The summed E-state index contributed by atoms with van der Waals surface area (Å²) in [5, 5.41) is 9.53. The number of alkyl halides is 2. The van der Waals surface area contributed by atoms with Gasteiger partial charge in [0.2, 0.25) is 5.91 Å². The van der Waals surface area contributed by atoms with Gasteiger partial charge in [-0.05, 0) is 31.5 Å². The zero-order valence-corrected chi connectivity index (χ0v) is 16.0. The van der Waals surface area contributed by atoms with Crippen LogP contribution in [0.5, 0.6) is 0 Å². The van der Waals surface area contributed by atoms with Crippen LogP contribution >= 0.6 is 24.8 Å². The number of amides is 1. The summed E-state index contributed by atoms with van der Waals surface area (Å²) in [4.78, 5) is 16.3. The van der Waals surface area contributed by atoms with Gasteiger partial charge < -0.3 is 5.32 Å². The number of aryl methyl sites for hydroxylation is 2. The molecule has 0 bridgehead atoms. The zero-order chi connectivity index (χ0) is 17.3. The Labute approximate surface area is 162 Å². The van der Waals surface area contributed by atoms with E-state index >= 15 is 0 Å². The quantitative estimate of drug-likeness (QED) is 0.816. The molecule has 1 fully saturated rings. The van der Waals surface area contributed by atoms with Crippen LogP contribution in [0.3, 0.4) is 0 Å². The summed E-state index contributed by atoms with van der Waals surface area (Å²) in [6.07, 6.45) is -0.476. The van der Waals surface area contributed by atoms with E-state index in [0.717, 1.165) is 11.4 Å². The third-order valence-corrected chi connectivity index (χ3v) is 3.92. The molecule has 1 aliphatic rings. The molecule has 0 saturated carbocycles. The number of carbonyl (C=O) groups is 1. The highest BCUT2D eigenvalue weighted by Crippen LogP contribution is 2.25. The van der Waals surface area contributed by atoms with E-state index in [1.54, 1.807) is 22.9 Å². The second kappa shape index (κ2) is 8.75. The lowest BCUT2D eigenvalue weighted by molar-refractivity contribution is -0.118. The molecule has 0 aliphatic carbocycles. The van der Waals surface area contributed by atoms with Crippen molar-refractivity contribution in [1.29, 1.82) is 0 Å². The molecule has 1 aromatic carbocycles. The van der Waals surface area contributed by atoms with E-state index < -0.39 is 30.8 Å². The second-order valence-corrected chi connectivity index (χ2v) is 6.05. The van der Waals surface area contributed by atoms with E-state index in [9.17, 15) is 13.6 Å². The number of aromatic nitrogens is 3. The summed E-state index contributed by atoms with van der Waals surface area (Å²) in [6.45, 7) is 3.76. The number of nitrogens with one attached hydrogen (secondary N) is 2. The molecule has 1 unspecified atom stereocenters. The summed E-state index contributed by atoms with van der Waals surface area (Å²) < 4.78 is 28.1. The first-order chi connectivity index (χ1) is 11.3. The number of hydrogen-bond acceptors (Lipinski definition) is 4. The van der Waals surface area contributed by atoms with Crippen molar-refractivity contribution in [1.82, 2.24) is 20.1 Å². The smallest absolute Gasteiger partial charge is 0.262 e. The topological polar surface area (TPSA) is 71.8 Å². The molecule has 3 rings (SSSR count). The number of benzene rings is 1. The molecular formula is C16H21Cl2F2N5O. The van der Waals surface area contributed by atoms with Crippen molar-refractivity contribution in [2.24, 2.45) is 0 Å². The van der Waals surface area contributed by atoms with E-state index in [4.69, 9.17) is 0 Å². The fourth-order valence-electron chi connectivity index (χ4n) is 2.76. The average Bonchev–Trinajstić information content (AvgIpc) is 3.01. The summed E-state index contributed by atoms with van der Waals surface area (Å²) >= 11 is 0. The number of halogens is 4. The Morgan fingerprint density at radius 1 is 1.38 bits per heavy atom. The third-order valence-electron chi connectivity index (χ3n) is 3.92. The molecule has 1 aromatic heterocycles. The van der Waals surface area contributed by atoms with E-state index in [-0.39, 0.29) is 24.8 Å². The fraction of sp³-hybridized carbons (Fsp3) is 0.438. The molecule has 1 amide bonds. The van der Waals surface area contributed by atoms with Crippen LogP contribution in [0.4, 0.5) is 14.5 Å². The maximum atomic E-state index is 13.2. The van der Waals surface area contributed by atoms with E-state index in [1.165, 1.54) is 0 Å². The highest BCUT2D eigenvalue weighted by molar-refractivity contribution is 5.95. The van der Waals surface area contributed by atoms with Crippen LogP contribution in [-0.2, 0) is 11.3 Å². The van der Waals surface area contributed by atoms with Gasteiger partial charge in [-0.2, -0.15) is 5.10 Å². The Kier molecular flexibility index (Phi) is 7.49. The Balaban J connectivity index is 0.00000169. The number of hydrogen-bond donors (Lipinski definition) is 2. The number of carbonyl (C=O) groups excluding carboxylic acids is 1. The normalized spacial score (nSPS) is 17.9. The zero-order valence-electron chi connectivity index (χ0n) is 14.3. The highest BCUT2D eigenvalue weighted by Gasteiger charge is 2.42. The lowest BCUT2D eigenvalue weighted by Gasteiger charge is -2.12. The van der Waals surface area contributed by atoms with Crippen LogP contribution in [0.25, 0.3) is 0 Å². The Hall–Kier alpha value is -1.77. The van der Waals surface area contributed by atoms with Gasteiger partial charge in [-0.15, -0.1) is 24.8 Å². The number of nitrogens with zero attached hydrogens (tertiary/aromatic N) is 3. The van der Waals surface area contributed by atoms with E-state index in [0.29, 0.717) is 18.1 Å². The van der Waals surface area contributed by atoms with Crippen LogP contribution in [0.1, 0.15) is 23.6 Å². The van der Waals surface area contributed by atoms with Crippen molar-refractivity contribution < 1.29 is 13.6 Å². The standard InChI is InChI=1S/C16H19F2N5O.2ClH/c1-10-20-11(2)23(22-10)8-12-4-3-5-13(6-12)21-15(24)14-7-16(17,18)9-19-14;;/h3-6,14,19H,7-9H2,1-2H3,(H,21,24);2*1H. The van der Waals surface area contributed by atoms with Gasteiger partial charge in [-0.3, -0.25) is 10.1 Å². The minimum absolute atomic E-state index is 0. The Morgan fingerprint density at radius 3 is 2.69 bits per heavy atom. The van der Waals surface area contributed by atoms with Gasteiger partial charge in [0.25, 0.3) is 5.92 Å². The van der Waals surface area contributed by atoms with E-state index in [2.05, 4.69) is 20.7 Å². The van der Waals surface area contributed by atoms with Crippen molar-refractivity contribution >= 4 is 36.4 Å². The molecule has 0 radical (unpaired) electrons. The predicted octanol–water partition coefficient (Wildman–Crippen LogP) is 2.72. The molecule has 10 heteroatoms. The molecule has 144 valence electrons. The van der Waals surface area contributed by atoms with Crippen molar-refractivity contribution in [2.75, 3.05) is 11.9 Å². The molecule has 2 aromatic rings. The summed E-state index contributed by atoms with van der Waals surface area (Å²) in [7, 11) is 0. The minimum Gasteiger partial charge on any atom is -0.325 e. The maximum absolute atomic E-state index is 13.2. The van der Waals surface area contributed by atoms with Gasteiger partial charge in [0.05, 0.1) is 19.1 Å². The largest absolute Gasteiger partial charge is 0.325 e. The van der Waals surface area contributed by atoms with Gasteiger partial charge in [-0.25, -0.2) is 18.4 Å². The second-order valence-electron chi connectivity index (χ2n) is 6.05. The van der Waals surface area contributed by atoms with Crippen molar-refractivity contribution in [3.63, 3.8) is 0 Å². The SMILES string of the molecule is Cc1nc(C)n(Cc2cccc(NC(=O)C3CC(F)(F)CN3)c2)n1.Cl.Cl. The summed E-state index contributed by atoms with van der Waals surface area (Å²) in [5.41, 5.74) is 1.51. The van der Waals surface area contributed by atoms with Gasteiger partial charge in [-0.1, -0.05) is 12.1 Å². The fourth-order valence-corrected chi connectivity index (χ4v) is 2.76. The lowest BCUT2D eigenvalue weighted by Crippen LogP contribution is -2.35. The summed E-state index contributed by atoms with van der Waals surface area (Å²) in [6, 6.07) is 6.38. The lowest BCUT2D eigenvalue weighted by atomic mass is 10.1. The van der Waals surface area contributed by atoms with Gasteiger partial charge in [0, 0.05) is 12.1 Å². The van der Waals surface area contributed by atoms with Gasteiger partial charge >= 0.3 is 0 Å². The maximum Gasteiger partial charge on any atom is 0.262 e. The Morgan fingerprint density at radius 2 is 2.12 bits per heavy atom. The van der Waals surface area contributed by atoms with Gasteiger partial charge in [0.15, 0.2) is 0 Å². The van der Waals surface area contributed by atoms with Gasteiger partial charge in [0.1, 0.15) is 11.6 Å². The molecule has 1 atom stereocenters.